The Balaban J connectivity index is 1.98. The molecule has 1 aliphatic rings. The molecule has 1 aromatic rings. The van der Waals surface area contributed by atoms with Gasteiger partial charge in [0.05, 0.1) is 11.2 Å². The Hall–Kier alpha value is -1.60. The van der Waals surface area contributed by atoms with Gasteiger partial charge in [-0.05, 0) is 31.0 Å². The van der Waals surface area contributed by atoms with Crippen LogP contribution in [0.15, 0.2) is 24.3 Å². The summed E-state index contributed by atoms with van der Waals surface area (Å²) in [7, 11) is 0. The van der Waals surface area contributed by atoms with Crippen LogP contribution in [0.3, 0.4) is 0 Å². The molecule has 0 spiro atoms. The first-order chi connectivity index (χ1) is 11.1. The fourth-order valence-corrected chi connectivity index (χ4v) is 2.85. The minimum atomic E-state index is -4.44. The van der Waals surface area contributed by atoms with E-state index in [1.165, 1.54) is 19.1 Å². The lowest BCUT2D eigenvalue weighted by molar-refractivity contribution is -0.137. The summed E-state index contributed by atoms with van der Waals surface area (Å²) in [4.78, 5) is 13.4. The average molecular weight is 344 g/mol. The molecule has 1 aliphatic heterocycles. The molecular weight excluding hydrogens is 321 g/mol. The molecular formula is C17H23F3N2O2. The molecule has 2 atom stereocenters. The topological polar surface area (TPSA) is 52.6 Å². The van der Waals surface area contributed by atoms with Crippen LogP contribution in [-0.4, -0.2) is 41.6 Å². The van der Waals surface area contributed by atoms with Crippen molar-refractivity contribution in [2.45, 2.75) is 44.5 Å². The zero-order valence-corrected chi connectivity index (χ0v) is 13.9. The molecule has 0 aliphatic carbocycles. The highest BCUT2D eigenvalue weighted by atomic mass is 19.4. The van der Waals surface area contributed by atoms with E-state index in [1.807, 2.05) is 6.92 Å². The summed E-state index contributed by atoms with van der Waals surface area (Å²) in [6.45, 7) is 4.63. The van der Waals surface area contributed by atoms with Crippen molar-refractivity contribution < 1.29 is 23.1 Å². The molecule has 4 nitrogen and oxygen atoms in total. The number of amides is 1. The molecule has 134 valence electrons. The molecule has 0 radical (unpaired) electrons. The summed E-state index contributed by atoms with van der Waals surface area (Å²) in [6.07, 6.45) is -3.22. The maximum absolute atomic E-state index is 12.8. The number of carbonyl (C=O) groups excluding carboxylic acids is 1. The van der Waals surface area contributed by atoms with Gasteiger partial charge in [-0.1, -0.05) is 19.1 Å². The summed E-state index contributed by atoms with van der Waals surface area (Å²) in [5.41, 5.74) is -1.99. The molecule has 1 amide bonds. The van der Waals surface area contributed by atoms with E-state index in [-0.39, 0.29) is 24.1 Å². The Kier molecular flexibility index (Phi) is 5.55. The molecule has 7 heteroatoms. The smallest absolute Gasteiger partial charge is 0.384 e. The number of likely N-dealkylation sites (tertiary alicyclic amines) is 1. The number of aliphatic hydroxyl groups is 1. The summed E-state index contributed by atoms with van der Waals surface area (Å²) >= 11 is 0. The Morgan fingerprint density at radius 2 is 2.04 bits per heavy atom. The Labute approximate surface area is 139 Å². The minimum Gasteiger partial charge on any atom is -0.384 e. The quantitative estimate of drug-likeness (QED) is 0.863. The number of carbonyl (C=O) groups is 1. The van der Waals surface area contributed by atoms with Gasteiger partial charge in [0.2, 0.25) is 5.91 Å². The lowest BCUT2D eigenvalue weighted by Gasteiger charge is -2.27. The average Bonchev–Trinajstić information content (AvgIpc) is 3.01. The zero-order chi connectivity index (χ0) is 18.0. The fourth-order valence-electron chi connectivity index (χ4n) is 2.85. The van der Waals surface area contributed by atoms with Gasteiger partial charge < -0.3 is 15.3 Å². The van der Waals surface area contributed by atoms with E-state index in [4.69, 9.17) is 0 Å². The third-order valence-corrected chi connectivity index (χ3v) is 4.39. The van der Waals surface area contributed by atoms with E-state index in [0.717, 1.165) is 18.6 Å². The molecule has 1 saturated heterocycles. The molecule has 1 fully saturated rings. The minimum absolute atomic E-state index is 0.0396. The monoisotopic (exact) mass is 344 g/mol. The van der Waals surface area contributed by atoms with Gasteiger partial charge in [-0.2, -0.15) is 13.2 Å². The third kappa shape index (κ3) is 4.48. The highest BCUT2D eigenvalue weighted by molar-refractivity contribution is 5.76. The first-order valence-corrected chi connectivity index (χ1v) is 8.05. The Morgan fingerprint density at radius 3 is 2.67 bits per heavy atom. The van der Waals surface area contributed by atoms with Crippen LogP contribution in [0.1, 0.15) is 37.8 Å². The van der Waals surface area contributed by atoms with Crippen LogP contribution in [0.25, 0.3) is 0 Å². The van der Waals surface area contributed by atoms with E-state index in [9.17, 15) is 23.1 Å². The molecule has 0 bridgehead atoms. The van der Waals surface area contributed by atoms with Gasteiger partial charge in [-0.25, -0.2) is 0 Å². The van der Waals surface area contributed by atoms with Gasteiger partial charge in [-0.3, -0.25) is 4.79 Å². The molecule has 1 heterocycles. The van der Waals surface area contributed by atoms with Gasteiger partial charge in [0, 0.05) is 32.1 Å². The highest BCUT2D eigenvalue weighted by Crippen LogP contribution is 2.32. The number of hydrogen-bond acceptors (Lipinski definition) is 3. The van der Waals surface area contributed by atoms with Crippen LogP contribution in [0.4, 0.5) is 13.2 Å². The van der Waals surface area contributed by atoms with Crippen LogP contribution in [0.5, 0.6) is 0 Å². The summed E-state index contributed by atoms with van der Waals surface area (Å²) in [6, 6.07) is 4.78. The number of rotatable bonds is 5. The molecule has 0 aromatic heterocycles. The number of nitrogens with zero attached hydrogens (tertiary/aromatic N) is 1. The van der Waals surface area contributed by atoms with Gasteiger partial charge in [-0.15, -0.1) is 0 Å². The summed E-state index contributed by atoms with van der Waals surface area (Å²) < 4.78 is 38.4. The number of alkyl halides is 3. The van der Waals surface area contributed by atoms with E-state index in [2.05, 4.69) is 5.32 Å². The second kappa shape index (κ2) is 7.11. The molecule has 2 N–H and O–H groups in total. The van der Waals surface area contributed by atoms with E-state index in [1.54, 1.807) is 4.90 Å². The van der Waals surface area contributed by atoms with E-state index in [0.29, 0.717) is 19.5 Å². The molecule has 0 saturated carbocycles. The van der Waals surface area contributed by atoms with Crippen molar-refractivity contribution in [3.05, 3.63) is 35.4 Å². The number of hydrogen-bond donors (Lipinski definition) is 2. The molecule has 24 heavy (non-hydrogen) atoms. The largest absolute Gasteiger partial charge is 0.416 e. The predicted octanol–water partition coefficient (Wildman–Crippen LogP) is 2.51. The Bertz CT molecular complexity index is 587. The highest BCUT2D eigenvalue weighted by Gasteiger charge is 2.33. The Morgan fingerprint density at radius 1 is 1.38 bits per heavy atom. The number of benzene rings is 1. The third-order valence-electron chi connectivity index (χ3n) is 4.39. The van der Waals surface area contributed by atoms with Gasteiger partial charge in [0.1, 0.15) is 0 Å². The second-order valence-electron chi connectivity index (χ2n) is 6.41. The first kappa shape index (κ1) is 18.7. The van der Waals surface area contributed by atoms with E-state index < -0.39 is 17.3 Å². The van der Waals surface area contributed by atoms with Crippen LogP contribution in [0, 0.1) is 0 Å². The molecule has 1 aromatic carbocycles. The van der Waals surface area contributed by atoms with Crippen LogP contribution in [0.2, 0.25) is 0 Å². The van der Waals surface area contributed by atoms with Crippen molar-refractivity contribution in [2.75, 3.05) is 19.6 Å². The van der Waals surface area contributed by atoms with Gasteiger partial charge >= 0.3 is 6.18 Å². The van der Waals surface area contributed by atoms with Gasteiger partial charge in [0.15, 0.2) is 0 Å². The van der Waals surface area contributed by atoms with Crippen molar-refractivity contribution in [3.8, 4) is 0 Å². The van der Waals surface area contributed by atoms with Crippen LogP contribution >= 0.6 is 0 Å². The molecule has 2 rings (SSSR count). The fraction of sp³-hybridized carbons (Fsp3) is 0.588. The predicted molar refractivity (Wildman–Crippen MR) is 84.3 cm³/mol. The summed E-state index contributed by atoms with van der Waals surface area (Å²) in [5, 5.41) is 13.7. The maximum Gasteiger partial charge on any atom is 0.416 e. The van der Waals surface area contributed by atoms with Crippen molar-refractivity contribution >= 4 is 5.91 Å². The standard InChI is InChI=1S/C17H23F3N2O2/c1-3-15(23)22-8-7-14(10-22)21-11-16(2,24)12-5-4-6-13(9-12)17(18,19)20/h4-6,9,14,21,24H,3,7-8,10-11H2,1-2H3. The maximum atomic E-state index is 12.8. The van der Waals surface area contributed by atoms with Crippen molar-refractivity contribution in [1.82, 2.24) is 10.2 Å². The first-order valence-electron chi connectivity index (χ1n) is 8.05. The second-order valence-corrected chi connectivity index (χ2v) is 6.41. The van der Waals surface area contributed by atoms with E-state index >= 15 is 0 Å². The number of nitrogens with one attached hydrogen (secondary N) is 1. The lowest BCUT2D eigenvalue weighted by Crippen LogP contribution is -2.42. The van der Waals surface area contributed by atoms with Crippen molar-refractivity contribution in [1.29, 1.82) is 0 Å². The van der Waals surface area contributed by atoms with Crippen molar-refractivity contribution in [3.63, 3.8) is 0 Å². The zero-order valence-electron chi connectivity index (χ0n) is 13.9. The number of halogens is 3. The molecule has 2 unspecified atom stereocenters. The van der Waals surface area contributed by atoms with Gasteiger partial charge in [0.25, 0.3) is 0 Å². The van der Waals surface area contributed by atoms with Crippen LogP contribution in [-0.2, 0) is 16.6 Å². The van der Waals surface area contributed by atoms with Crippen molar-refractivity contribution in [2.24, 2.45) is 0 Å². The SMILES string of the molecule is CCC(=O)N1CCC(NCC(C)(O)c2cccc(C(F)(F)F)c2)C1. The van der Waals surface area contributed by atoms with Crippen LogP contribution < -0.4 is 5.32 Å². The summed E-state index contributed by atoms with van der Waals surface area (Å²) in [5.74, 6) is 0.0870. The normalized spacial score (nSPS) is 20.9. The lowest BCUT2D eigenvalue weighted by atomic mass is 9.94.